The van der Waals surface area contributed by atoms with Crippen LogP contribution in [0.5, 0.6) is 5.75 Å². The maximum atomic E-state index is 9.74. The van der Waals surface area contributed by atoms with E-state index in [0.29, 0.717) is 0 Å². The van der Waals surface area contributed by atoms with E-state index < -0.39 is 0 Å². The molecule has 0 fully saturated rings. The monoisotopic (exact) mass is 419 g/mol. The van der Waals surface area contributed by atoms with Crippen LogP contribution in [0.15, 0.2) is 42.6 Å². The van der Waals surface area contributed by atoms with Gasteiger partial charge in [-0.05, 0) is 87.9 Å². The van der Waals surface area contributed by atoms with Gasteiger partial charge in [-0.3, -0.25) is 0 Å². The van der Waals surface area contributed by atoms with E-state index in [0.717, 1.165) is 48.4 Å². The van der Waals surface area contributed by atoms with Gasteiger partial charge in [0.1, 0.15) is 5.75 Å². The number of ether oxygens (including phenoxy) is 1. The summed E-state index contributed by atoms with van der Waals surface area (Å²) < 4.78 is 7.91. The van der Waals surface area contributed by atoms with Crippen LogP contribution in [-0.2, 0) is 19.6 Å². The summed E-state index contributed by atoms with van der Waals surface area (Å²) in [6.45, 7) is 9.00. The SMILES string of the molecule is Cc1ccc(-n2ncc3c2CCCC3NCc2ccc(OC(C)C)c(CO)c2)cc1C. The lowest BCUT2D eigenvalue weighted by atomic mass is 9.92. The van der Waals surface area contributed by atoms with E-state index in [9.17, 15) is 5.11 Å². The van der Waals surface area contributed by atoms with E-state index in [1.165, 1.54) is 22.4 Å². The highest BCUT2D eigenvalue weighted by Gasteiger charge is 2.24. The third kappa shape index (κ3) is 4.68. The molecule has 1 aliphatic rings. The average Bonchev–Trinajstić information content (AvgIpc) is 3.19. The molecule has 0 saturated carbocycles. The predicted octanol–water partition coefficient (Wildman–Crippen LogP) is 4.94. The highest BCUT2D eigenvalue weighted by Crippen LogP contribution is 2.32. The molecule has 164 valence electrons. The normalized spacial score (nSPS) is 15.9. The number of nitrogens with one attached hydrogen (secondary N) is 1. The van der Waals surface area contributed by atoms with E-state index in [2.05, 4.69) is 48.1 Å². The van der Waals surface area contributed by atoms with E-state index in [-0.39, 0.29) is 18.8 Å². The molecule has 5 nitrogen and oxygen atoms in total. The minimum Gasteiger partial charge on any atom is -0.491 e. The maximum absolute atomic E-state index is 9.74. The fourth-order valence-corrected chi connectivity index (χ4v) is 4.33. The van der Waals surface area contributed by atoms with Crippen molar-refractivity contribution in [3.63, 3.8) is 0 Å². The Morgan fingerprint density at radius 3 is 2.74 bits per heavy atom. The highest BCUT2D eigenvalue weighted by molar-refractivity contribution is 5.42. The van der Waals surface area contributed by atoms with Gasteiger partial charge in [0, 0.05) is 29.4 Å². The number of hydrogen-bond donors (Lipinski definition) is 2. The van der Waals surface area contributed by atoms with Gasteiger partial charge in [-0.1, -0.05) is 12.1 Å². The Labute approximate surface area is 185 Å². The lowest BCUT2D eigenvalue weighted by Crippen LogP contribution is -2.25. The molecule has 1 atom stereocenters. The molecule has 0 spiro atoms. The molecular weight excluding hydrogens is 386 g/mol. The number of aliphatic hydroxyl groups is 1. The van der Waals surface area contributed by atoms with Crippen molar-refractivity contribution in [2.45, 2.75) is 72.3 Å². The van der Waals surface area contributed by atoms with Crippen molar-refractivity contribution in [1.82, 2.24) is 15.1 Å². The Morgan fingerprint density at radius 2 is 2.00 bits per heavy atom. The number of hydrogen-bond acceptors (Lipinski definition) is 4. The van der Waals surface area contributed by atoms with E-state index in [1.54, 1.807) is 0 Å². The largest absolute Gasteiger partial charge is 0.491 e. The Morgan fingerprint density at radius 1 is 1.16 bits per heavy atom. The Balaban J connectivity index is 1.51. The molecular formula is C26H33N3O2. The molecule has 0 amide bonds. The summed E-state index contributed by atoms with van der Waals surface area (Å²) in [5.41, 5.74) is 8.32. The first-order valence-electron chi connectivity index (χ1n) is 11.2. The highest BCUT2D eigenvalue weighted by atomic mass is 16.5. The van der Waals surface area contributed by atoms with Crippen LogP contribution in [0.1, 0.15) is 66.2 Å². The van der Waals surface area contributed by atoms with Gasteiger partial charge in [-0.2, -0.15) is 5.10 Å². The van der Waals surface area contributed by atoms with Crippen molar-refractivity contribution in [2.24, 2.45) is 0 Å². The second-order valence-electron chi connectivity index (χ2n) is 8.82. The Hall–Kier alpha value is -2.63. The summed E-state index contributed by atoms with van der Waals surface area (Å²) >= 11 is 0. The zero-order chi connectivity index (χ0) is 22.0. The number of aryl methyl sites for hydroxylation is 2. The molecule has 3 aromatic rings. The van der Waals surface area contributed by atoms with Crippen molar-refractivity contribution in [3.05, 3.63) is 76.1 Å². The quantitative estimate of drug-likeness (QED) is 0.570. The summed E-state index contributed by atoms with van der Waals surface area (Å²) in [5, 5.41) is 18.2. The third-order valence-electron chi connectivity index (χ3n) is 6.13. The zero-order valence-corrected chi connectivity index (χ0v) is 19.0. The van der Waals surface area contributed by atoms with E-state index in [4.69, 9.17) is 9.84 Å². The summed E-state index contributed by atoms with van der Waals surface area (Å²) in [6, 6.07) is 12.9. The van der Waals surface area contributed by atoms with Gasteiger partial charge in [0.2, 0.25) is 0 Å². The number of aliphatic hydroxyl groups excluding tert-OH is 1. The standard InChI is InChI=1S/C26H33N3O2/c1-17(2)31-26-11-9-20(13-21(26)16-30)14-27-24-6-5-7-25-23(24)15-28-29(25)22-10-8-18(3)19(4)12-22/h8-13,15,17,24,27,30H,5-7,14,16H2,1-4H3. The van der Waals surface area contributed by atoms with Crippen LogP contribution in [0, 0.1) is 13.8 Å². The fourth-order valence-electron chi connectivity index (χ4n) is 4.33. The maximum Gasteiger partial charge on any atom is 0.125 e. The summed E-state index contributed by atoms with van der Waals surface area (Å²) in [7, 11) is 0. The van der Waals surface area contributed by atoms with E-state index in [1.807, 2.05) is 32.2 Å². The topological polar surface area (TPSA) is 59.3 Å². The molecule has 1 aromatic heterocycles. The lowest BCUT2D eigenvalue weighted by Gasteiger charge is -2.25. The molecule has 0 radical (unpaired) electrons. The van der Waals surface area contributed by atoms with E-state index >= 15 is 0 Å². The third-order valence-corrected chi connectivity index (χ3v) is 6.13. The van der Waals surface area contributed by atoms with Crippen molar-refractivity contribution in [3.8, 4) is 11.4 Å². The molecule has 5 heteroatoms. The van der Waals surface area contributed by atoms with Crippen LogP contribution >= 0.6 is 0 Å². The van der Waals surface area contributed by atoms with Crippen molar-refractivity contribution in [2.75, 3.05) is 0 Å². The van der Waals surface area contributed by atoms with Crippen molar-refractivity contribution >= 4 is 0 Å². The summed E-state index contributed by atoms with van der Waals surface area (Å²) in [4.78, 5) is 0. The number of nitrogens with zero attached hydrogens (tertiary/aromatic N) is 2. The number of aromatic nitrogens is 2. The minimum absolute atomic E-state index is 0.0216. The van der Waals surface area contributed by atoms with Gasteiger partial charge < -0.3 is 15.2 Å². The van der Waals surface area contributed by atoms with Gasteiger partial charge in [-0.25, -0.2) is 4.68 Å². The average molecular weight is 420 g/mol. The minimum atomic E-state index is -0.0216. The first kappa shape index (κ1) is 21.6. The molecule has 4 rings (SSSR count). The number of benzene rings is 2. The second kappa shape index (κ2) is 9.25. The molecule has 2 aromatic carbocycles. The molecule has 0 saturated heterocycles. The van der Waals surface area contributed by atoms with Crippen LogP contribution < -0.4 is 10.1 Å². The molecule has 0 bridgehead atoms. The van der Waals surface area contributed by atoms with Crippen LogP contribution in [0.25, 0.3) is 5.69 Å². The molecule has 1 heterocycles. The fraction of sp³-hybridized carbons (Fsp3) is 0.423. The molecule has 0 aliphatic heterocycles. The Bertz CT molecular complexity index is 1050. The van der Waals surface area contributed by atoms with Gasteiger partial charge in [0.15, 0.2) is 0 Å². The number of rotatable bonds is 7. The van der Waals surface area contributed by atoms with Crippen LogP contribution in [0.3, 0.4) is 0 Å². The summed E-state index contributed by atoms with van der Waals surface area (Å²) in [5.74, 6) is 0.760. The predicted molar refractivity (Wildman–Crippen MR) is 124 cm³/mol. The zero-order valence-electron chi connectivity index (χ0n) is 19.0. The second-order valence-corrected chi connectivity index (χ2v) is 8.82. The van der Waals surface area contributed by atoms with Gasteiger partial charge >= 0.3 is 0 Å². The van der Waals surface area contributed by atoms with Gasteiger partial charge in [0.25, 0.3) is 0 Å². The summed E-state index contributed by atoms with van der Waals surface area (Å²) in [6.07, 6.45) is 5.41. The van der Waals surface area contributed by atoms with Crippen molar-refractivity contribution < 1.29 is 9.84 Å². The van der Waals surface area contributed by atoms with Gasteiger partial charge in [0.05, 0.1) is 24.6 Å². The van der Waals surface area contributed by atoms with Crippen LogP contribution in [0.2, 0.25) is 0 Å². The molecule has 2 N–H and O–H groups in total. The van der Waals surface area contributed by atoms with Crippen LogP contribution in [0.4, 0.5) is 0 Å². The number of fused-ring (bicyclic) bond motifs is 1. The molecule has 31 heavy (non-hydrogen) atoms. The first-order valence-corrected chi connectivity index (χ1v) is 11.2. The van der Waals surface area contributed by atoms with Crippen LogP contribution in [-0.4, -0.2) is 21.0 Å². The smallest absolute Gasteiger partial charge is 0.125 e. The molecule has 1 unspecified atom stereocenters. The first-order chi connectivity index (χ1) is 15.0. The molecule has 1 aliphatic carbocycles. The van der Waals surface area contributed by atoms with Crippen molar-refractivity contribution in [1.29, 1.82) is 0 Å². The van der Waals surface area contributed by atoms with Gasteiger partial charge in [-0.15, -0.1) is 0 Å². The Kier molecular flexibility index (Phi) is 6.44. The lowest BCUT2D eigenvalue weighted by molar-refractivity contribution is 0.225.